The van der Waals surface area contributed by atoms with Crippen molar-refractivity contribution in [1.29, 1.82) is 0 Å². The van der Waals surface area contributed by atoms with Crippen molar-refractivity contribution in [1.82, 2.24) is 19.8 Å². The first-order valence-electron chi connectivity index (χ1n) is 8.84. The van der Waals surface area contributed by atoms with E-state index < -0.39 is 0 Å². The minimum atomic E-state index is -0.208. The Kier molecular flexibility index (Phi) is 6.96. The fourth-order valence-corrected chi connectivity index (χ4v) is 3.66. The number of thioether (sulfide) groups is 1. The molecule has 3 rings (SSSR count). The number of piperazine rings is 1. The first-order valence-corrected chi connectivity index (χ1v) is 10.1. The van der Waals surface area contributed by atoms with Crippen LogP contribution in [0.1, 0.15) is 17.5 Å². The van der Waals surface area contributed by atoms with Crippen molar-refractivity contribution < 1.29 is 9.50 Å². The lowest BCUT2D eigenvalue weighted by molar-refractivity contribution is 0.0498. The molecule has 0 spiro atoms. The number of hydrogen-bond donors (Lipinski definition) is 1. The maximum atomic E-state index is 13.1. The summed E-state index contributed by atoms with van der Waals surface area (Å²) in [6, 6.07) is 6.96. The average Bonchev–Trinajstić information content (AvgIpc) is 2.66. The first kappa shape index (κ1) is 19.2. The molecule has 2 heterocycles. The lowest BCUT2D eigenvalue weighted by atomic mass is 10.1. The van der Waals surface area contributed by atoms with E-state index >= 15 is 0 Å². The van der Waals surface area contributed by atoms with E-state index in [9.17, 15) is 9.50 Å². The summed E-state index contributed by atoms with van der Waals surface area (Å²) < 4.78 is 13.1. The molecule has 0 radical (unpaired) electrons. The van der Waals surface area contributed by atoms with Crippen molar-refractivity contribution >= 4 is 11.8 Å². The van der Waals surface area contributed by atoms with Crippen molar-refractivity contribution in [3.05, 3.63) is 53.6 Å². The quantitative estimate of drug-likeness (QED) is 0.592. The van der Waals surface area contributed by atoms with Gasteiger partial charge in [0, 0.05) is 63.3 Å². The fourth-order valence-electron chi connectivity index (χ4n) is 3.34. The van der Waals surface area contributed by atoms with Crippen LogP contribution in [0, 0.1) is 5.82 Å². The summed E-state index contributed by atoms with van der Waals surface area (Å²) in [6.07, 6.45) is 6.49. The number of aliphatic hydroxyl groups is 1. The zero-order valence-corrected chi connectivity index (χ0v) is 15.8. The lowest BCUT2D eigenvalue weighted by Crippen LogP contribution is -2.52. The van der Waals surface area contributed by atoms with Gasteiger partial charge in [-0.1, -0.05) is 23.9 Å². The second-order valence-electron chi connectivity index (χ2n) is 6.58. The van der Waals surface area contributed by atoms with Crippen LogP contribution >= 0.6 is 11.8 Å². The van der Waals surface area contributed by atoms with Gasteiger partial charge in [0.1, 0.15) is 5.82 Å². The summed E-state index contributed by atoms with van der Waals surface area (Å²) >= 11 is 1.54. The maximum absolute atomic E-state index is 13.1. The molecule has 1 aliphatic rings. The molecule has 7 heteroatoms. The molecule has 1 saturated heterocycles. The second kappa shape index (κ2) is 9.41. The van der Waals surface area contributed by atoms with Crippen LogP contribution < -0.4 is 0 Å². The van der Waals surface area contributed by atoms with Crippen LogP contribution in [0.4, 0.5) is 4.39 Å². The summed E-state index contributed by atoms with van der Waals surface area (Å²) in [5.41, 5.74) is 2.21. The molecule has 0 bridgehead atoms. The molecule has 140 valence electrons. The Labute approximate surface area is 158 Å². The fraction of sp³-hybridized carbons (Fsp3) is 0.474. The summed E-state index contributed by atoms with van der Waals surface area (Å²) in [5, 5.41) is 10.2. The molecular formula is C19H25FN4OS. The molecule has 0 saturated carbocycles. The molecule has 1 N–H and O–H groups in total. The van der Waals surface area contributed by atoms with Gasteiger partial charge in [0.25, 0.3) is 0 Å². The number of aromatic nitrogens is 2. The molecule has 0 amide bonds. The van der Waals surface area contributed by atoms with E-state index in [1.54, 1.807) is 0 Å². The third-order valence-electron chi connectivity index (χ3n) is 4.72. The normalized spacial score (nSPS) is 19.0. The highest BCUT2D eigenvalue weighted by molar-refractivity contribution is 7.98. The van der Waals surface area contributed by atoms with Crippen molar-refractivity contribution in [2.24, 2.45) is 0 Å². The van der Waals surface area contributed by atoms with Gasteiger partial charge in [0.2, 0.25) is 0 Å². The zero-order chi connectivity index (χ0) is 18.4. The highest BCUT2D eigenvalue weighted by Crippen LogP contribution is 2.19. The Balaban J connectivity index is 1.60. The number of rotatable bonds is 7. The summed E-state index contributed by atoms with van der Waals surface area (Å²) in [5.74, 6) is -0.208. The smallest absolute Gasteiger partial charge is 0.187 e. The molecule has 5 nitrogen and oxygen atoms in total. The molecule has 1 fully saturated rings. The number of hydrogen-bond acceptors (Lipinski definition) is 6. The van der Waals surface area contributed by atoms with Crippen molar-refractivity contribution in [2.75, 3.05) is 32.5 Å². The monoisotopic (exact) mass is 376 g/mol. The predicted molar refractivity (Wildman–Crippen MR) is 101 cm³/mol. The molecule has 26 heavy (non-hydrogen) atoms. The summed E-state index contributed by atoms with van der Waals surface area (Å²) in [4.78, 5) is 13.5. The van der Waals surface area contributed by atoms with E-state index in [0.29, 0.717) is 0 Å². The van der Waals surface area contributed by atoms with Crippen LogP contribution in [0.3, 0.4) is 0 Å². The summed E-state index contributed by atoms with van der Waals surface area (Å²) in [6.45, 7) is 4.54. The summed E-state index contributed by atoms with van der Waals surface area (Å²) in [7, 11) is 0. The molecule has 1 aromatic heterocycles. The van der Waals surface area contributed by atoms with Gasteiger partial charge in [-0.15, -0.1) is 0 Å². The van der Waals surface area contributed by atoms with Crippen LogP contribution in [-0.4, -0.2) is 63.4 Å². The van der Waals surface area contributed by atoms with Crippen LogP contribution in [0.5, 0.6) is 0 Å². The first-order chi connectivity index (χ1) is 12.7. The lowest BCUT2D eigenvalue weighted by Gasteiger charge is -2.41. The van der Waals surface area contributed by atoms with Gasteiger partial charge in [-0.25, -0.2) is 14.4 Å². The van der Waals surface area contributed by atoms with Crippen LogP contribution in [0.2, 0.25) is 0 Å². The van der Waals surface area contributed by atoms with E-state index in [4.69, 9.17) is 0 Å². The number of halogens is 1. The molecule has 1 aromatic carbocycles. The Bertz CT molecular complexity index is 683. The van der Waals surface area contributed by atoms with Crippen molar-refractivity contribution in [3.63, 3.8) is 0 Å². The molecule has 0 aliphatic carbocycles. The highest BCUT2D eigenvalue weighted by atomic mass is 32.2. The Morgan fingerprint density at radius 2 is 1.85 bits per heavy atom. The molecule has 1 unspecified atom stereocenters. The zero-order valence-electron chi connectivity index (χ0n) is 15.0. The van der Waals surface area contributed by atoms with Crippen LogP contribution in [-0.2, 0) is 13.1 Å². The van der Waals surface area contributed by atoms with Crippen LogP contribution in [0.25, 0.3) is 0 Å². The van der Waals surface area contributed by atoms with Gasteiger partial charge < -0.3 is 5.11 Å². The third-order valence-corrected chi connectivity index (χ3v) is 5.30. The maximum Gasteiger partial charge on any atom is 0.187 e. The number of benzene rings is 1. The van der Waals surface area contributed by atoms with Gasteiger partial charge in [0.15, 0.2) is 5.16 Å². The molecule has 1 aliphatic heterocycles. The highest BCUT2D eigenvalue weighted by Gasteiger charge is 2.26. The minimum absolute atomic E-state index is 0.171. The van der Waals surface area contributed by atoms with Gasteiger partial charge >= 0.3 is 0 Å². The Morgan fingerprint density at radius 3 is 2.50 bits per heavy atom. The standard InChI is InChI=1S/C19H25FN4OS/c1-26-19-21-10-16(11-22-19)12-23-7-8-24(18(14-23)6-9-25)13-15-2-4-17(20)5-3-15/h2-5,10-11,18,25H,6-9,12-14H2,1H3. The minimum Gasteiger partial charge on any atom is -0.396 e. The van der Waals surface area contributed by atoms with Crippen molar-refractivity contribution in [2.45, 2.75) is 30.7 Å². The third kappa shape index (κ3) is 5.23. The number of nitrogens with zero attached hydrogens (tertiary/aromatic N) is 4. The Morgan fingerprint density at radius 1 is 1.12 bits per heavy atom. The van der Waals surface area contributed by atoms with Gasteiger partial charge in [0.05, 0.1) is 0 Å². The molecule has 1 atom stereocenters. The van der Waals surface area contributed by atoms with Gasteiger partial charge in [-0.2, -0.15) is 0 Å². The number of aliphatic hydroxyl groups excluding tert-OH is 1. The van der Waals surface area contributed by atoms with Crippen LogP contribution in [0.15, 0.2) is 41.8 Å². The van der Waals surface area contributed by atoms with Crippen molar-refractivity contribution in [3.8, 4) is 0 Å². The van der Waals surface area contributed by atoms with Gasteiger partial charge in [-0.05, 0) is 30.4 Å². The van der Waals surface area contributed by atoms with E-state index in [1.807, 2.05) is 30.8 Å². The molecular weight excluding hydrogens is 351 g/mol. The van der Waals surface area contributed by atoms with E-state index in [1.165, 1.54) is 23.9 Å². The van der Waals surface area contributed by atoms with Gasteiger partial charge in [-0.3, -0.25) is 9.80 Å². The largest absolute Gasteiger partial charge is 0.396 e. The predicted octanol–water partition coefficient (Wildman–Crippen LogP) is 2.41. The second-order valence-corrected chi connectivity index (χ2v) is 7.35. The Hall–Kier alpha value is -1.54. The SMILES string of the molecule is CSc1ncc(CN2CCN(Cc3ccc(F)cc3)C(CCO)C2)cn1. The topological polar surface area (TPSA) is 52.5 Å². The van der Waals surface area contributed by atoms with E-state index in [-0.39, 0.29) is 18.5 Å². The average molecular weight is 377 g/mol. The molecule has 2 aromatic rings. The van der Waals surface area contributed by atoms with E-state index in [2.05, 4.69) is 19.8 Å². The van der Waals surface area contributed by atoms with E-state index in [0.717, 1.165) is 55.4 Å².